The number of amides is 1. The molecule has 0 radical (unpaired) electrons. The monoisotopic (exact) mass is 280 g/mol. The number of carbonyl (C=O) groups is 1. The first kappa shape index (κ1) is 15.8. The van der Waals surface area contributed by atoms with Crippen LogP contribution in [0.4, 0.5) is 0 Å². The van der Waals surface area contributed by atoms with Crippen LogP contribution in [-0.4, -0.2) is 29.1 Å². The summed E-state index contributed by atoms with van der Waals surface area (Å²) in [6, 6.07) is 0.537. The molecule has 0 aromatic rings. The van der Waals surface area contributed by atoms with Crippen LogP contribution in [0, 0.1) is 11.8 Å². The minimum atomic E-state index is 0.0550. The van der Waals surface area contributed by atoms with E-state index >= 15 is 0 Å². The summed E-state index contributed by atoms with van der Waals surface area (Å²) in [6.45, 7) is 8.88. The van der Waals surface area contributed by atoms with Crippen LogP contribution in [0.15, 0.2) is 0 Å². The third-order valence-corrected chi connectivity index (χ3v) is 5.13. The zero-order valence-electron chi connectivity index (χ0n) is 13.7. The van der Waals surface area contributed by atoms with Crippen molar-refractivity contribution in [2.75, 3.05) is 0 Å². The highest BCUT2D eigenvalue weighted by Crippen LogP contribution is 2.34. The van der Waals surface area contributed by atoms with Gasteiger partial charge in [-0.1, -0.05) is 47.0 Å². The Morgan fingerprint density at radius 2 is 1.90 bits per heavy atom. The second-order valence-corrected chi connectivity index (χ2v) is 7.04. The predicted molar refractivity (Wildman–Crippen MR) is 83.3 cm³/mol. The Morgan fingerprint density at radius 3 is 2.50 bits per heavy atom. The largest absolute Gasteiger partial charge is 0.323 e. The quantitative estimate of drug-likeness (QED) is 0.835. The molecule has 3 heteroatoms. The minimum Gasteiger partial charge on any atom is -0.323 e. The first-order chi connectivity index (χ1) is 9.58. The van der Waals surface area contributed by atoms with E-state index in [9.17, 15) is 4.79 Å². The molecule has 0 aromatic heterocycles. The molecule has 2 fully saturated rings. The second kappa shape index (κ2) is 6.93. The van der Waals surface area contributed by atoms with Crippen molar-refractivity contribution in [3.63, 3.8) is 0 Å². The number of carbonyl (C=O) groups excluding carboxylic acids is 1. The summed E-state index contributed by atoms with van der Waals surface area (Å²) in [7, 11) is 0. The maximum Gasteiger partial charge on any atom is 0.241 e. The molecule has 2 aliphatic rings. The van der Waals surface area contributed by atoms with Gasteiger partial charge in [-0.2, -0.15) is 0 Å². The van der Waals surface area contributed by atoms with Gasteiger partial charge in [-0.3, -0.25) is 10.1 Å². The molecule has 0 aromatic carbocycles. The zero-order valence-corrected chi connectivity index (χ0v) is 13.7. The number of nitrogens with zero attached hydrogens (tertiary/aromatic N) is 1. The molecular weight excluding hydrogens is 248 g/mol. The molecule has 1 N–H and O–H groups in total. The second-order valence-electron chi connectivity index (χ2n) is 7.04. The van der Waals surface area contributed by atoms with Crippen LogP contribution in [0.5, 0.6) is 0 Å². The fourth-order valence-electron chi connectivity index (χ4n) is 4.10. The van der Waals surface area contributed by atoms with Gasteiger partial charge in [-0.15, -0.1) is 0 Å². The van der Waals surface area contributed by atoms with Crippen LogP contribution >= 0.6 is 0 Å². The number of nitrogens with one attached hydrogen (secondary N) is 1. The van der Waals surface area contributed by atoms with Gasteiger partial charge < -0.3 is 4.90 Å². The van der Waals surface area contributed by atoms with Gasteiger partial charge in [0, 0.05) is 6.04 Å². The van der Waals surface area contributed by atoms with Crippen molar-refractivity contribution >= 4 is 5.91 Å². The molecule has 4 atom stereocenters. The number of hydrogen-bond acceptors (Lipinski definition) is 2. The van der Waals surface area contributed by atoms with Crippen molar-refractivity contribution in [2.24, 2.45) is 11.8 Å². The highest BCUT2D eigenvalue weighted by Gasteiger charge is 2.43. The molecule has 4 unspecified atom stereocenters. The highest BCUT2D eigenvalue weighted by molar-refractivity contribution is 5.84. The van der Waals surface area contributed by atoms with E-state index in [4.69, 9.17) is 0 Å². The topological polar surface area (TPSA) is 32.3 Å². The van der Waals surface area contributed by atoms with E-state index in [0.29, 0.717) is 23.8 Å². The Balaban J connectivity index is 2.13. The van der Waals surface area contributed by atoms with Crippen LogP contribution < -0.4 is 5.32 Å². The molecule has 0 bridgehead atoms. The van der Waals surface area contributed by atoms with E-state index in [2.05, 4.69) is 37.9 Å². The summed E-state index contributed by atoms with van der Waals surface area (Å²) < 4.78 is 0. The minimum absolute atomic E-state index is 0.0550. The SMILES string of the molecule is CCC1CCCCC1N1C(=O)C(CC(C)C)NC1CC. The lowest BCUT2D eigenvalue weighted by atomic mass is 9.81. The van der Waals surface area contributed by atoms with E-state index in [1.165, 1.54) is 32.1 Å². The molecule has 3 nitrogen and oxygen atoms in total. The fraction of sp³-hybridized carbons (Fsp3) is 0.941. The summed E-state index contributed by atoms with van der Waals surface area (Å²) in [4.78, 5) is 15.1. The van der Waals surface area contributed by atoms with E-state index in [1.807, 2.05) is 0 Å². The summed E-state index contributed by atoms with van der Waals surface area (Å²) in [5, 5.41) is 3.59. The Kier molecular flexibility index (Phi) is 5.48. The highest BCUT2D eigenvalue weighted by atomic mass is 16.2. The molecule has 1 amide bonds. The maximum atomic E-state index is 12.8. The summed E-state index contributed by atoms with van der Waals surface area (Å²) >= 11 is 0. The predicted octanol–water partition coefficient (Wildman–Crippen LogP) is 3.54. The average Bonchev–Trinajstić information content (AvgIpc) is 2.74. The van der Waals surface area contributed by atoms with Crippen molar-refractivity contribution in [1.29, 1.82) is 0 Å². The van der Waals surface area contributed by atoms with Gasteiger partial charge in [0.15, 0.2) is 0 Å². The molecule has 20 heavy (non-hydrogen) atoms. The Morgan fingerprint density at radius 1 is 1.20 bits per heavy atom. The van der Waals surface area contributed by atoms with Crippen LogP contribution in [0.1, 0.15) is 72.6 Å². The first-order valence-electron chi connectivity index (χ1n) is 8.66. The van der Waals surface area contributed by atoms with Crippen molar-refractivity contribution in [2.45, 2.75) is 90.9 Å². The Labute approximate surface area is 124 Å². The molecule has 0 spiro atoms. The summed E-state index contributed by atoms with van der Waals surface area (Å²) in [6.07, 6.45) is 8.60. The van der Waals surface area contributed by atoms with E-state index in [-0.39, 0.29) is 12.2 Å². The lowest BCUT2D eigenvalue weighted by Gasteiger charge is -2.40. The molecule has 116 valence electrons. The van der Waals surface area contributed by atoms with Gasteiger partial charge in [0.2, 0.25) is 5.91 Å². The average molecular weight is 280 g/mol. The van der Waals surface area contributed by atoms with Gasteiger partial charge >= 0.3 is 0 Å². The van der Waals surface area contributed by atoms with Gasteiger partial charge in [0.05, 0.1) is 12.2 Å². The summed E-state index contributed by atoms with van der Waals surface area (Å²) in [5.41, 5.74) is 0. The Bertz CT molecular complexity index is 329. The summed E-state index contributed by atoms with van der Waals surface area (Å²) in [5.74, 6) is 1.65. The van der Waals surface area contributed by atoms with Crippen LogP contribution in [0.25, 0.3) is 0 Å². The van der Waals surface area contributed by atoms with Crippen molar-refractivity contribution < 1.29 is 4.79 Å². The maximum absolute atomic E-state index is 12.8. The van der Waals surface area contributed by atoms with Crippen molar-refractivity contribution in [3.05, 3.63) is 0 Å². The number of rotatable bonds is 5. The van der Waals surface area contributed by atoms with E-state index in [1.54, 1.807) is 0 Å². The molecule has 1 saturated heterocycles. The van der Waals surface area contributed by atoms with Crippen LogP contribution in [0.3, 0.4) is 0 Å². The molecule has 1 aliphatic carbocycles. The third-order valence-electron chi connectivity index (χ3n) is 5.13. The smallest absolute Gasteiger partial charge is 0.241 e. The molecule has 1 aliphatic heterocycles. The lowest BCUT2D eigenvalue weighted by molar-refractivity contribution is -0.134. The fourth-order valence-corrected chi connectivity index (χ4v) is 4.10. The standard InChI is InChI=1S/C17H32N2O/c1-5-13-9-7-8-10-15(13)19-16(6-2)18-14(17(19)20)11-12(3)4/h12-16,18H,5-11H2,1-4H3. The zero-order chi connectivity index (χ0) is 14.7. The van der Waals surface area contributed by atoms with Gasteiger partial charge in [0.25, 0.3) is 0 Å². The van der Waals surface area contributed by atoms with Crippen molar-refractivity contribution in [3.8, 4) is 0 Å². The normalized spacial score (nSPS) is 35.0. The molecule has 1 heterocycles. The van der Waals surface area contributed by atoms with Crippen LogP contribution in [-0.2, 0) is 4.79 Å². The van der Waals surface area contributed by atoms with Crippen LogP contribution in [0.2, 0.25) is 0 Å². The molecule has 2 rings (SSSR count). The lowest BCUT2D eigenvalue weighted by Crippen LogP contribution is -2.49. The Hall–Kier alpha value is -0.570. The van der Waals surface area contributed by atoms with Gasteiger partial charge in [-0.05, 0) is 37.5 Å². The van der Waals surface area contributed by atoms with E-state index < -0.39 is 0 Å². The molecular formula is C17H32N2O. The van der Waals surface area contributed by atoms with E-state index in [0.717, 1.165) is 12.8 Å². The number of hydrogen-bond donors (Lipinski definition) is 1. The molecule has 1 saturated carbocycles. The first-order valence-corrected chi connectivity index (χ1v) is 8.66. The third kappa shape index (κ3) is 3.19. The van der Waals surface area contributed by atoms with Gasteiger partial charge in [-0.25, -0.2) is 0 Å². The van der Waals surface area contributed by atoms with Gasteiger partial charge in [0.1, 0.15) is 0 Å². The van der Waals surface area contributed by atoms with Crippen molar-refractivity contribution in [1.82, 2.24) is 10.2 Å².